The van der Waals surface area contributed by atoms with Crippen molar-refractivity contribution >= 4 is 11.8 Å². The molecule has 0 heterocycles. The highest BCUT2D eigenvalue weighted by Crippen LogP contribution is 2.37. The van der Waals surface area contributed by atoms with Gasteiger partial charge in [-0.2, -0.15) is 13.2 Å². The number of aromatic hydroxyl groups is 1. The van der Waals surface area contributed by atoms with Gasteiger partial charge in [0.25, 0.3) is 0 Å². The monoisotopic (exact) mass is 222 g/mol. The van der Waals surface area contributed by atoms with Crippen LogP contribution in [0.3, 0.4) is 0 Å². The number of alkyl halides is 3. The maximum Gasteiger partial charge on any atom is 0.419 e. The molecule has 0 fully saturated rings. The van der Waals surface area contributed by atoms with Crippen LogP contribution < -0.4 is 0 Å². The van der Waals surface area contributed by atoms with E-state index in [1.807, 2.05) is 6.92 Å². The second-order valence-corrected chi connectivity index (χ2v) is 3.95. The van der Waals surface area contributed by atoms with Crippen molar-refractivity contribution in [2.45, 2.75) is 18.0 Å². The van der Waals surface area contributed by atoms with Crippen LogP contribution in [0.5, 0.6) is 5.75 Å². The molecule has 5 heteroatoms. The summed E-state index contributed by atoms with van der Waals surface area (Å²) in [6, 6.07) is 3.39. The summed E-state index contributed by atoms with van der Waals surface area (Å²) < 4.78 is 36.6. The summed E-state index contributed by atoms with van der Waals surface area (Å²) in [7, 11) is 0. The highest BCUT2D eigenvalue weighted by atomic mass is 32.2. The van der Waals surface area contributed by atoms with E-state index in [2.05, 4.69) is 0 Å². The van der Waals surface area contributed by atoms with Crippen LogP contribution in [-0.4, -0.2) is 10.9 Å². The van der Waals surface area contributed by atoms with Gasteiger partial charge in [0.1, 0.15) is 5.75 Å². The fourth-order valence-electron chi connectivity index (χ4n) is 1.01. The average molecular weight is 222 g/mol. The summed E-state index contributed by atoms with van der Waals surface area (Å²) in [5.74, 6) is 0.0427. The molecule has 0 unspecified atom stereocenters. The van der Waals surface area contributed by atoms with E-state index in [-0.39, 0.29) is 0 Å². The second kappa shape index (κ2) is 4.13. The molecule has 1 N–H and O–H groups in total. The summed E-state index contributed by atoms with van der Waals surface area (Å²) in [6.07, 6.45) is -4.49. The minimum atomic E-state index is -4.49. The van der Waals surface area contributed by atoms with Crippen LogP contribution in [0.2, 0.25) is 0 Å². The molecule has 0 amide bonds. The van der Waals surface area contributed by atoms with Gasteiger partial charge in [0, 0.05) is 4.90 Å². The van der Waals surface area contributed by atoms with E-state index in [1.54, 1.807) is 0 Å². The first-order valence-corrected chi connectivity index (χ1v) is 4.96. The van der Waals surface area contributed by atoms with Crippen molar-refractivity contribution in [1.29, 1.82) is 0 Å². The zero-order valence-electron chi connectivity index (χ0n) is 7.43. The van der Waals surface area contributed by atoms with Gasteiger partial charge in [-0.3, -0.25) is 0 Å². The molecule has 0 aromatic heterocycles. The fraction of sp³-hybridized carbons (Fsp3) is 0.333. The van der Waals surface area contributed by atoms with Gasteiger partial charge < -0.3 is 5.11 Å². The number of halogens is 3. The predicted octanol–water partition coefficient (Wildman–Crippen LogP) is 3.52. The van der Waals surface area contributed by atoms with Crippen molar-refractivity contribution in [3.63, 3.8) is 0 Å². The van der Waals surface area contributed by atoms with Crippen molar-refractivity contribution in [3.05, 3.63) is 23.8 Å². The molecule has 1 rings (SSSR count). The first kappa shape index (κ1) is 11.2. The Morgan fingerprint density at radius 1 is 1.36 bits per heavy atom. The third kappa shape index (κ3) is 2.57. The number of hydrogen-bond acceptors (Lipinski definition) is 2. The summed E-state index contributed by atoms with van der Waals surface area (Å²) in [6.45, 7) is 1.89. The Bertz CT molecular complexity index is 322. The summed E-state index contributed by atoms with van der Waals surface area (Å²) in [4.78, 5) is 0.637. The fourth-order valence-corrected chi connectivity index (χ4v) is 1.70. The van der Waals surface area contributed by atoms with E-state index in [1.165, 1.54) is 17.8 Å². The molecule has 1 aromatic carbocycles. The van der Waals surface area contributed by atoms with Gasteiger partial charge in [-0.05, 0) is 24.0 Å². The molecule has 0 aliphatic carbocycles. The van der Waals surface area contributed by atoms with Crippen LogP contribution in [-0.2, 0) is 6.18 Å². The van der Waals surface area contributed by atoms with Crippen molar-refractivity contribution < 1.29 is 18.3 Å². The molecule has 0 saturated carbocycles. The number of phenols is 1. The van der Waals surface area contributed by atoms with Crippen LogP contribution in [0.4, 0.5) is 13.2 Å². The van der Waals surface area contributed by atoms with Gasteiger partial charge in [-0.25, -0.2) is 0 Å². The van der Waals surface area contributed by atoms with Gasteiger partial charge in [0.05, 0.1) is 5.56 Å². The lowest BCUT2D eigenvalue weighted by Gasteiger charge is -2.09. The SMILES string of the molecule is CCSc1ccc(C(F)(F)F)c(O)c1. The molecule has 14 heavy (non-hydrogen) atoms. The lowest BCUT2D eigenvalue weighted by Crippen LogP contribution is -2.04. The molecule has 0 radical (unpaired) electrons. The third-order valence-electron chi connectivity index (χ3n) is 1.59. The minimum absolute atomic E-state index is 0.637. The third-order valence-corrected chi connectivity index (χ3v) is 2.46. The van der Waals surface area contributed by atoms with Gasteiger partial charge >= 0.3 is 6.18 Å². The predicted molar refractivity (Wildman–Crippen MR) is 49.5 cm³/mol. The van der Waals surface area contributed by atoms with E-state index in [9.17, 15) is 13.2 Å². The molecule has 0 atom stereocenters. The van der Waals surface area contributed by atoms with Crippen LogP contribution in [0.15, 0.2) is 23.1 Å². The second-order valence-electron chi connectivity index (χ2n) is 2.61. The molecule has 0 aliphatic heterocycles. The van der Waals surface area contributed by atoms with Crippen LogP contribution >= 0.6 is 11.8 Å². The maximum atomic E-state index is 12.2. The standard InChI is InChI=1S/C9H9F3OS/c1-2-14-6-3-4-7(8(13)5-6)9(10,11)12/h3-5,13H,2H2,1H3. The number of hydrogen-bond donors (Lipinski definition) is 1. The van der Waals surface area contributed by atoms with Crippen molar-refractivity contribution in [2.24, 2.45) is 0 Å². The molecule has 0 aliphatic rings. The lowest BCUT2D eigenvalue weighted by atomic mass is 10.2. The summed E-state index contributed by atoms with van der Waals surface area (Å²) in [5, 5.41) is 9.12. The van der Waals surface area contributed by atoms with Gasteiger partial charge in [-0.15, -0.1) is 11.8 Å². The Hall–Kier alpha value is -0.840. The molecule has 1 nitrogen and oxygen atoms in total. The topological polar surface area (TPSA) is 20.2 Å². The smallest absolute Gasteiger partial charge is 0.419 e. The van der Waals surface area contributed by atoms with E-state index in [0.29, 0.717) is 4.90 Å². The van der Waals surface area contributed by atoms with Crippen molar-refractivity contribution in [2.75, 3.05) is 5.75 Å². The Kier molecular flexibility index (Phi) is 3.31. The van der Waals surface area contributed by atoms with E-state index in [0.717, 1.165) is 17.9 Å². The van der Waals surface area contributed by atoms with E-state index >= 15 is 0 Å². The summed E-state index contributed by atoms with van der Waals surface area (Å²) >= 11 is 1.38. The Morgan fingerprint density at radius 3 is 2.43 bits per heavy atom. The maximum absolute atomic E-state index is 12.2. The lowest BCUT2D eigenvalue weighted by molar-refractivity contribution is -0.138. The Labute approximate surface area is 83.9 Å². The van der Waals surface area contributed by atoms with Crippen LogP contribution in [0.1, 0.15) is 12.5 Å². The quantitative estimate of drug-likeness (QED) is 0.772. The minimum Gasteiger partial charge on any atom is -0.507 e. The van der Waals surface area contributed by atoms with E-state index in [4.69, 9.17) is 5.11 Å². The van der Waals surface area contributed by atoms with Crippen molar-refractivity contribution in [1.82, 2.24) is 0 Å². The number of benzene rings is 1. The van der Waals surface area contributed by atoms with Crippen LogP contribution in [0, 0.1) is 0 Å². The van der Waals surface area contributed by atoms with E-state index < -0.39 is 17.5 Å². The Balaban J connectivity index is 3.02. The summed E-state index contributed by atoms with van der Waals surface area (Å²) in [5.41, 5.74) is -0.988. The molecular formula is C9H9F3OS. The average Bonchev–Trinajstić information content (AvgIpc) is 2.02. The molecule has 1 aromatic rings. The molecular weight excluding hydrogens is 213 g/mol. The van der Waals surface area contributed by atoms with Gasteiger partial charge in [-0.1, -0.05) is 6.92 Å². The normalized spacial score (nSPS) is 11.7. The highest BCUT2D eigenvalue weighted by molar-refractivity contribution is 7.99. The first-order valence-electron chi connectivity index (χ1n) is 3.98. The van der Waals surface area contributed by atoms with Crippen LogP contribution in [0.25, 0.3) is 0 Å². The zero-order chi connectivity index (χ0) is 10.8. The number of phenolic OH excluding ortho intramolecular Hbond substituents is 1. The molecule has 78 valence electrons. The van der Waals surface area contributed by atoms with Gasteiger partial charge in [0.2, 0.25) is 0 Å². The highest BCUT2D eigenvalue weighted by Gasteiger charge is 2.33. The van der Waals surface area contributed by atoms with Crippen molar-refractivity contribution in [3.8, 4) is 5.75 Å². The zero-order valence-corrected chi connectivity index (χ0v) is 8.25. The number of thioether (sulfide) groups is 1. The first-order chi connectivity index (χ1) is 6.45. The number of rotatable bonds is 2. The molecule has 0 spiro atoms. The Morgan fingerprint density at radius 2 is 2.00 bits per heavy atom. The van der Waals surface area contributed by atoms with Gasteiger partial charge in [0.15, 0.2) is 0 Å². The molecule has 0 bridgehead atoms. The largest absolute Gasteiger partial charge is 0.507 e. The molecule has 0 saturated heterocycles.